The number of carbonyl (C=O) groups is 1. The Hall–Kier alpha value is -1.09. The minimum Gasteiger partial charge on any atom is -0.378 e. The molecule has 2 fully saturated rings. The van der Waals surface area contributed by atoms with Gasteiger partial charge in [-0.1, -0.05) is 5.92 Å². The molecular weight excluding hydrogens is 254 g/mol. The molecule has 0 aromatic heterocycles. The van der Waals surface area contributed by atoms with Crippen molar-refractivity contribution in [1.29, 1.82) is 0 Å². The van der Waals surface area contributed by atoms with Crippen LogP contribution in [0.25, 0.3) is 0 Å². The molecule has 0 bridgehead atoms. The molecule has 112 valence electrons. The summed E-state index contributed by atoms with van der Waals surface area (Å²) in [4.78, 5) is 16.2. The summed E-state index contributed by atoms with van der Waals surface area (Å²) < 4.78 is 5.25. The van der Waals surface area contributed by atoms with Crippen LogP contribution in [0.5, 0.6) is 0 Å². The first-order valence-electron chi connectivity index (χ1n) is 7.54. The second-order valence-corrected chi connectivity index (χ2v) is 5.45. The minimum atomic E-state index is 0.241. The van der Waals surface area contributed by atoms with Gasteiger partial charge in [-0.2, -0.15) is 0 Å². The molecule has 0 spiro atoms. The Morgan fingerprint density at radius 1 is 1.25 bits per heavy atom. The molecule has 2 aliphatic heterocycles. The number of hydrogen-bond acceptors (Lipinski definition) is 4. The minimum absolute atomic E-state index is 0.241. The normalized spacial score (nSPS) is 21.6. The molecule has 0 aromatic rings. The van der Waals surface area contributed by atoms with E-state index in [1.54, 1.807) is 0 Å². The third-order valence-electron chi connectivity index (χ3n) is 4.04. The summed E-state index contributed by atoms with van der Waals surface area (Å²) in [6.07, 6.45) is 8.14. The molecule has 20 heavy (non-hydrogen) atoms. The molecule has 0 unspecified atom stereocenters. The number of amides is 1. The van der Waals surface area contributed by atoms with E-state index in [0.717, 1.165) is 52.1 Å². The third-order valence-corrected chi connectivity index (χ3v) is 4.04. The summed E-state index contributed by atoms with van der Waals surface area (Å²) in [6, 6.07) is 0.529. The lowest BCUT2D eigenvalue weighted by Gasteiger charge is -2.31. The van der Waals surface area contributed by atoms with Crippen LogP contribution in [0.3, 0.4) is 0 Å². The van der Waals surface area contributed by atoms with Gasteiger partial charge < -0.3 is 15.0 Å². The van der Waals surface area contributed by atoms with Gasteiger partial charge in [0.25, 0.3) is 0 Å². The number of hydrogen-bond donors (Lipinski definition) is 1. The van der Waals surface area contributed by atoms with Gasteiger partial charge in [-0.15, -0.1) is 6.42 Å². The molecule has 0 radical (unpaired) electrons. The Bertz CT molecular complexity index is 340. The summed E-state index contributed by atoms with van der Waals surface area (Å²) >= 11 is 0. The van der Waals surface area contributed by atoms with E-state index in [4.69, 9.17) is 11.2 Å². The Balaban J connectivity index is 1.57. The monoisotopic (exact) mass is 279 g/mol. The molecule has 0 aliphatic carbocycles. The van der Waals surface area contributed by atoms with Crippen molar-refractivity contribution in [3.05, 3.63) is 0 Å². The van der Waals surface area contributed by atoms with Crippen molar-refractivity contribution in [2.24, 2.45) is 0 Å². The van der Waals surface area contributed by atoms with Crippen LogP contribution < -0.4 is 5.32 Å². The van der Waals surface area contributed by atoms with Gasteiger partial charge in [0.05, 0.1) is 19.8 Å². The Morgan fingerprint density at radius 2 is 1.95 bits per heavy atom. The molecule has 0 aromatic carbocycles. The van der Waals surface area contributed by atoms with Crippen molar-refractivity contribution in [3.8, 4) is 12.3 Å². The lowest BCUT2D eigenvalue weighted by molar-refractivity contribution is -0.135. The van der Waals surface area contributed by atoms with E-state index in [9.17, 15) is 4.79 Å². The second-order valence-electron chi connectivity index (χ2n) is 5.45. The maximum absolute atomic E-state index is 12.0. The van der Waals surface area contributed by atoms with Crippen LogP contribution in [-0.4, -0.2) is 74.2 Å². The van der Waals surface area contributed by atoms with Gasteiger partial charge in [0.15, 0.2) is 0 Å². The summed E-state index contributed by atoms with van der Waals surface area (Å²) in [5.74, 6) is 2.93. The van der Waals surface area contributed by atoms with E-state index in [2.05, 4.69) is 16.1 Å². The number of nitrogens with one attached hydrogen (secondary N) is 1. The number of nitrogens with zero attached hydrogens (tertiary/aromatic N) is 2. The number of terminal acetylenes is 1. The fourth-order valence-electron chi connectivity index (χ4n) is 2.78. The largest absolute Gasteiger partial charge is 0.378 e. The van der Waals surface area contributed by atoms with Crippen LogP contribution in [0.1, 0.15) is 19.3 Å². The van der Waals surface area contributed by atoms with Gasteiger partial charge in [0.2, 0.25) is 5.91 Å². The second kappa shape index (κ2) is 8.25. The van der Waals surface area contributed by atoms with Crippen molar-refractivity contribution >= 4 is 5.91 Å². The molecular formula is C15H25N3O2. The zero-order chi connectivity index (χ0) is 14.2. The van der Waals surface area contributed by atoms with E-state index in [1.807, 2.05) is 4.90 Å². The van der Waals surface area contributed by atoms with Crippen molar-refractivity contribution in [2.75, 3.05) is 52.5 Å². The highest BCUT2D eigenvalue weighted by Crippen LogP contribution is 2.09. The topological polar surface area (TPSA) is 44.8 Å². The molecule has 5 nitrogen and oxygen atoms in total. The predicted octanol–water partition coefficient (Wildman–Crippen LogP) is -0.0775. The van der Waals surface area contributed by atoms with Crippen LogP contribution in [0, 0.1) is 12.3 Å². The molecule has 0 saturated carbocycles. The fourth-order valence-corrected chi connectivity index (χ4v) is 2.78. The van der Waals surface area contributed by atoms with Gasteiger partial charge in [0.1, 0.15) is 0 Å². The fraction of sp³-hybridized carbons (Fsp3) is 0.800. The number of ether oxygens (including phenoxy) is 1. The van der Waals surface area contributed by atoms with Crippen molar-refractivity contribution < 1.29 is 9.53 Å². The van der Waals surface area contributed by atoms with Crippen LogP contribution in [0.2, 0.25) is 0 Å². The quantitative estimate of drug-likeness (QED) is 0.715. The molecule has 2 rings (SSSR count). The Kier molecular flexibility index (Phi) is 6.31. The maximum Gasteiger partial charge on any atom is 0.224 e. The van der Waals surface area contributed by atoms with E-state index in [-0.39, 0.29) is 5.91 Å². The number of morpholine rings is 1. The first kappa shape index (κ1) is 15.3. The van der Waals surface area contributed by atoms with E-state index >= 15 is 0 Å². The Labute approximate surface area is 121 Å². The molecule has 2 heterocycles. The molecule has 1 amide bonds. The van der Waals surface area contributed by atoms with E-state index in [0.29, 0.717) is 25.7 Å². The summed E-state index contributed by atoms with van der Waals surface area (Å²) in [6.45, 7) is 6.46. The average Bonchev–Trinajstić information content (AvgIpc) is 2.50. The summed E-state index contributed by atoms with van der Waals surface area (Å²) in [7, 11) is 0. The third kappa shape index (κ3) is 4.78. The molecule has 2 saturated heterocycles. The molecule has 0 atom stereocenters. The molecule has 1 N–H and O–H groups in total. The highest BCUT2D eigenvalue weighted by atomic mass is 16.5. The molecule has 5 heteroatoms. The lowest BCUT2D eigenvalue weighted by Crippen LogP contribution is -2.45. The van der Waals surface area contributed by atoms with Crippen LogP contribution in [0.15, 0.2) is 0 Å². The van der Waals surface area contributed by atoms with E-state index in [1.165, 1.54) is 0 Å². The standard InChI is InChI=1S/C15H25N3O2/c1-2-7-17-8-4-14(5-9-17)16-6-3-15(19)18-10-12-20-13-11-18/h1,14,16H,3-13H2. The van der Waals surface area contributed by atoms with Gasteiger partial charge >= 0.3 is 0 Å². The smallest absolute Gasteiger partial charge is 0.224 e. The summed E-state index contributed by atoms with van der Waals surface area (Å²) in [5.41, 5.74) is 0. The zero-order valence-corrected chi connectivity index (χ0v) is 12.1. The van der Waals surface area contributed by atoms with Crippen LogP contribution >= 0.6 is 0 Å². The SMILES string of the molecule is C#CCN1CCC(NCCC(=O)N2CCOCC2)CC1. The van der Waals surface area contributed by atoms with Gasteiger partial charge in [-0.3, -0.25) is 9.69 Å². The number of carbonyl (C=O) groups excluding carboxylic acids is 1. The van der Waals surface area contributed by atoms with Crippen molar-refractivity contribution in [2.45, 2.75) is 25.3 Å². The predicted molar refractivity (Wildman–Crippen MR) is 78.3 cm³/mol. The highest BCUT2D eigenvalue weighted by Gasteiger charge is 2.19. The first-order valence-corrected chi connectivity index (χ1v) is 7.54. The first-order chi connectivity index (χ1) is 9.79. The average molecular weight is 279 g/mol. The lowest BCUT2D eigenvalue weighted by atomic mass is 10.1. The van der Waals surface area contributed by atoms with Crippen LogP contribution in [-0.2, 0) is 9.53 Å². The Morgan fingerprint density at radius 3 is 2.60 bits per heavy atom. The number of piperidine rings is 1. The number of likely N-dealkylation sites (tertiary alicyclic amines) is 1. The maximum atomic E-state index is 12.0. The van der Waals surface area contributed by atoms with Gasteiger partial charge in [0, 0.05) is 45.2 Å². The van der Waals surface area contributed by atoms with Gasteiger partial charge in [-0.25, -0.2) is 0 Å². The van der Waals surface area contributed by atoms with Crippen molar-refractivity contribution in [3.63, 3.8) is 0 Å². The van der Waals surface area contributed by atoms with Crippen molar-refractivity contribution in [1.82, 2.24) is 15.1 Å². The summed E-state index contributed by atoms with van der Waals surface area (Å²) in [5, 5.41) is 3.50. The van der Waals surface area contributed by atoms with E-state index < -0.39 is 0 Å². The zero-order valence-electron chi connectivity index (χ0n) is 12.1. The molecule has 2 aliphatic rings. The van der Waals surface area contributed by atoms with Crippen LogP contribution in [0.4, 0.5) is 0 Å². The highest BCUT2D eigenvalue weighted by molar-refractivity contribution is 5.76. The van der Waals surface area contributed by atoms with Gasteiger partial charge in [-0.05, 0) is 12.8 Å². The number of rotatable bonds is 5.